The number of esters is 1. The van der Waals surface area contributed by atoms with Crippen LogP contribution in [0.5, 0.6) is 0 Å². The van der Waals surface area contributed by atoms with E-state index in [0.29, 0.717) is 0 Å². The third-order valence-electron chi connectivity index (χ3n) is 2.35. The van der Waals surface area contributed by atoms with Gasteiger partial charge in [0, 0.05) is 11.6 Å². The van der Waals surface area contributed by atoms with Gasteiger partial charge in [-0.05, 0) is 32.0 Å². The fourth-order valence-corrected chi connectivity index (χ4v) is 1.61. The molecule has 0 saturated carbocycles. The Morgan fingerprint density at radius 1 is 1.53 bits per heavy atom. The van der Waals surface area contributed by atoms with Gasteiger partial charge in [0.15, 0.2) is 0 Å². The standard InChI is InChI=1S/C12H12O3/c1-4-11(13)15-12(2,3)9-7-8-5-6-10(9)14-8/h4-7H,1H2,2-3H3. The van der Waals surface area contributed by atoms with Crippen molar-refractivity contribution in [2.45, 2.75) is 19.4 Å². The van der Waals surface area contributed by atoms with Crippen LogP contribution in [0, 0.1) is 0 Å². The van der Waals surface area contributed by atoms with E-state index in [2.05, 4.69) is 6.58 Å². The third kappa shape index (κ3) is 1.61. The minimum atomic E-state index is -0.687. The van der Waals surface area contributed by atoms with Gasteiger partial charge in [-0.25, -0.2) is 4.79 Å². The van der Waals surface area contributed by atoms with Crippen LogP contribution in [0.1, 0.15) is 19.4 Å². The molecular weight excluding hydrogens is 192 g/mol. The first kappa shape index (κ1) is 9.77. The smallest absolute Gasteiger partial charge is 0.331 e. The van der Waals surface area contributed by atoms with Crippen molar-refractivity contribution in [2.24, 2.45) is 0 Å². The Kier molecular flexibility index (Phi) is 2.03. The number of benzene rings is 1. The fraction of sp³-hybridized carbons (Fsp3) is 0.250. The molecule has 2 bridgehead atoms. The molecule has 2 aromatic rings. The largest absolute Gasteiger partial charge is 0.457 e. The number of carbonyl (C=O) groups excluding carboxylic acids is 1. The number of furan rings is 2. The first-order valence-electron chi connectivity index (χ1n) is 4.71. The molecule has 2 heterocycles. The second-order valence-electron chi connectivity index (χ2n) is 3.90. The van der Waals surface area contributed by atoms with Gasteiger partial charge in [0.25, 0.3) is 0 Å². The minimum Gasteiger partial charge on any atom is -0.457 e. The zero-order valence-electron chi connectivity index (χ0n) is 8.74. The second-order valence-corrected chi connectivity index (χ2v) is 3.90. The quantitative estimate of drug-likeness (QED) is 0.570. The van der Waals surface area contributed by atoms with Gasteiger partial charge in [-0.3, -0.25) is 0 Å². The number of carbonyl (C=O) groups is 1. The average Bonchev–Trinajstić information content (AvgIpc) is 2.77. The van der Waals surface area contributed by atoms with Crippen LogP contribution in [0.15, 0.2) is 35.3 Å². The van der Waals surface area contributed by atoms with Crippen LogP contribution < -0.4 is 0 Å². The molecule has 3 nitrogen and oxygen atoms in total. The molecule has 0 unspecified atom stereocenters. The SMILES string of the molecule is C=CC(=O)OC(C)(C)c1cc2ccc1o2. The van der Waals surface area contributed by atoms with E-state index in [-0.39, 0.29) is 0 Å². The highest BCUT2D eigenvalue weighted by Crippen LogP contribution is 2.33. The first-order valence-corrected chi connectivity index (χ1v) is 4.71. The van der Waals surface area contributed by atoms with Gasteiger partial charge < -0.3 is 9.15 Å². The van der Waals surface area contributed by atoms with Crippen LogP contribution in [-0.2, 0) is 15.1 Å². The summed E-state index contributed by atoms with van der Waals surface area (Å²) in [7, 11) is 0. The van der Waals surface area contributed by atoms with Gasteiger partial charge in [0.2, 0.25) is 0 Å². The molecule has 0 N–H and O–H groups in total. The molecule has 0 aliphatic carbocycles. The van der Waals surface area contributed by atoms with Gasteiger partial charge in [-0.2, -0.15) is 0 Å². The molecule has 78 valence electrons. The van der Waals surface area contributed by atoms with E-state index in [1.807, 2.05) is 32.0 Å². The Morgan fingerprint density at radius 3 is 2.73 bits per heavy atom. The summed E-state index contributed by atoms with van der Waals surface area (Å²) in [6, 6.07) is 5.63. The normalized spacial score (nSPS) is 11.9. The summed E-state index contributed by atoms with van der Waals surface area (Å²) < 4.78 is 10.6. The maximum Gasteiger partial charge on any atom is 0.331 e. The van der Waals surface area contributed by atoms with Crippen molar-refractivity contribution in [3.05, 3.63) is 36.4 Å². The lowest BCUT2D eigenvalue weighted by Crippen LogP contribution is -2.24. The molecule has 2 aromatic heterocycles. The number of ether oxygens (including phenoxy) is 1. The van der Waals surface area contributed by atoms with E-state index in [4.69, 9.17) is 9.15 Å². The summed E-state index contributed by atoms with van der Waals surface area (Å²) >= 11 is 0. The Balaban J connectivity index is 2.32. The predicted octanol–water partition coefficient (Wildman–Crippen LogP) is 2.83. The molecule has 0 saturated heterocycles. The van der Waals surface area contributed by atoms with Crippen LogP contribution >= 0.6 is 0 Å². The topological polar surface area (TPSA) is 39.4 Å². The second kappa shape index (κ2) is 3.12. The van der Waals surface area contributed by atoms with Crippen molar-refractivity contribution in [3.63, 3.8) is 0 Å². The van der Waals surface area contributed by atoms with E-state index in [9.17, 15) is 4.79 Å². The lowest BCUT2D eigenvalue weighted by molar-refractivity contribution is -0.150. The van der Waals surface area contributed by atoms with E-state index < -0.39 is 11.6 Å². The van der Waals surface area contributed by atoms with Crippen LogP contribution in [0.4, 0.5) is 0 Å². The van der Waals surface area contributed by atoms with Crippen molar-refractivity contribution in [2.75, 3.05) is 0 Å². The van der Waals surface area contributed by atoms with Gasteiger partial charge in [-0.1, -0.05) is 6.58 Å². The van der Waals surface area contributed by atoms with Gasteiger partial charge in [0.05, 0.1) is 0 Å². The summed E-state index contributed by atoms with van der Waals surface area (Å²) in [6.07, 6.45) is 1.16. The molecule has 0 atom stereocenters. The fourth-order valence-electron chi connectivity index (χ4n) is 1.61. The van der Waals surface area contributed by atoms with Crippen LogP contribution in [0.25, 0.3) is 11.2 Å². The summed E-state index contributed by atoms with van der Waals surface area (Å²) in [6.45, 7) is 7.02. The van der Waals surface area contributed by atoms with Crippen molar-refractivity contribution < 1.29 is 13.9 Å². The molecule has 0 fully saturated rings. The van der Waals surface area contributed by atoms with Crippen molar-refractivity contribution in [1.29, 1.82) is 0 Å². The molecule has 0 aromatic carbocycles. The number of hydrogen-bond donors (Lipinski definition) is 0. The third-order valence-corrected chi connectivity index (χ3v) is 2.35. The van der Waals surface area contributed by atoms with Crippen molar-refractivity contribution in [1.82, 2.24) is 0 Å². The van der Waals surface area contributed by atoms with E-state index in [0.717, 1.165) is 22.8 Å². The molecule has 0 spiro atoms. The lowest BCUT2D eigenvalue weighted by atomic mass is 9.98. The maximum absolute atomic E-state index is 11.1. The Morgan fingerprint density at radius 2 is 2.27 bits per heavy atom. The van der Waals surface area contributed by atoms with E-state index in [1.54, 1.807) is 0 Å². The zero-order valence-corrected chi connectivity index (χ0v) is 8.74. The van der Waals surface area contributed by atoms with Gasteiger partial charge >= 0.3 is 5.97 Å². The molecule has 0 amide bonds. The zero-order chi connectivity index (χ0) is 11.1. The Labute approximate surface area is 87.7 Å². The molecule has 0 radical (unpaired) electrons. The van der Waals surface area contributed by atoms with Crippen LogP contribution in [0.2, 0.25) is 0 Å². The van der Waals surface area contributed by atoms with Gasteiger partial charge in [-0.15, -0.1) is 0 Å². The van der Waals surface area contributed by atoms with Crippen LogP contribution in [0.3, 0.4) is 0 Å². The van der Waals surface area contributed by atoms with Gasteiger partial charge in [0.1, 0.15) is 16.8 Å². The molecule has 2 rings (SSSR count). The lowest BCUT2D eigenvalue weighted by Gasteiger charge is -2.23. The number of fused-ring (bicyclic) bond motifs is 2. The predicted molar refractivity (Wildman–Crippen MR) is 56.7 cm³/mol. The molecule has 0 aliphatic rings. The van der Waals surface area contributed by atoms with E-state index in [1.165, 1.54) is 0 Å². The van der Waals surface area contributed by atoms with Crippen LogP contribution in [-0.4, -0.2) is 5.97 Å². The van der Waals surface area contributed by atoms with Crippen molar-refractivity contribution >= 4 is 17.1 Å². The van der Waals surface area contributed by atoms with E-state index >= 15 is 0 Å². The molecule has 15 heavy (non-hydrogen) atoms. The minimum absolute atomic E-state index is 0.432. The summed E-state index contributed by atoms with van der Waals surface area (Å²) in [5.41, 5.74) is 1.75. The molecule has 3 heteroatoms. The summed E-state index contributed by atoms with van der Waals surface area (Å²) in [5.74, 6) is -0.432. The molecule has 0 aliphatic heterocycles. The average molecular weight is 204 g/mol. The maximum atomic E-state index is 11.1. The highest BCUT2D eigenvalue weighted by Gasteiger charge is 2.28. The summed E-state index contributed by atoms with van der Waals surface area (Å²) in [5, 5.41) is 0. The number of rotatable bonds is 3. The highest BCUT2D eigenvalue weighted by molar-refractivity contribution is 5.82. The Hall–Kier alpha value is -1.77. The van der Waals surface area contributed by atoms with Crippen molar-refractivity contribution in [3.8, 4) is 0 Å². The first-order chi connectivity index (χ1) is 7.03. The highest BCUT2D eigenvalue weighted by atomic mass is 16.6. The monoisotopic (exact) mass is 204 g/mol. The summed E-state index contributed by atoms with van der Waals surface area (Å²) in [4.78, 5) is 11.1. The molecular formula is C12H12O3. The Bertz CT molecular complexity index is 493. The number of hydrogen-bond acceptors (Lipinski definition) is 3.